The number of likely N-dealkylation sites (N-methyl/N-ethyl adjacent to an activating group) is 1. The molecule has 1 aromatic heterocycles. The van der Waals surface area contributed by atoms with E-state index < -0.39 is 0 Å². The van der Waals surface area contributed by atoms with Crippen LogP contribution in [-0.2, 0) is 11.2 Å². The quantitative estimate of drug-likeness (QED) is 0.841. The zero-order chi connectivity index (χ0) is 12.7. The van der Waals surface area contributed by atoms with Gasteiger partial charge >= 0.3 is 0 Å². The van der Waals surface area contributed by atoms with Gasteiger partial charge in [0.05, 0.1) is 6.10 Å². The minimum atomic E-state index is 0.254. The predicted octanol–water partition coefficient (Wildman–Crippen LogP) is 2.79. The number of ether oxygens (including phenoxy) is 1. The maximum Gasteiger partial charge on any atom is 0.0728 e. The number of hydrogen-bond acceptors (Lipinski definition) is 3. The van der Waals surface area contributed by atoms with E-state index in [1.165, 1.54) is 5.56 Å². The van der Waals surface area contributed by atoms with Crippen LogP contribution >= 0.6 is 15.9 Å². The third kappa shape index (κ3) is 4.74. The SMILES string of the molecule is CCOC(CC)C(Cc1cncc(Br)c1)NC. The molecule has 0 bridgehead atoms. The van der Waals surface area contributed by atoms with Crippen LogP contribution in [0.3, 0.4) is 0 Å². The lowest BCUT2D eigenvalue weighted by Gasteiger charge is -2.25. The summed E-state index contributed by atoms with van der Waals surface area (Å²) in [5, 5.41) is 3.34. The summed E-state index contributed by atoms with van der Waals surface area (Å²) in [6.07, 6.45) is 5.91. The van der Waals surface area contributed by atoms with Crippen molar-refractivity contribution in [3.63, 3.8) is 0 Å². The van der Waals surface area contributed by atoms with Crippen molar-refractivity contribution in [1.29, 1.82) is 0 Å². The summed E-state index contributed by atoms with van der Waals surface area (Å²) >= 11 is 3.44. The number of aromatic nitrogens is 1. The van der Waals surface area contributed by atoms with Crippen molar-refractivity contribution in [2.24, 2.45) is 0 Å². The summed E-state index contributed by atoms with van der Waals surface area (Å²) in [5.74, 6) is 0. The summed E-state index contributed by atoms with van der Waals surface area (Å²) in [6.45, 7) is 4.95. The zero-order valence-electron chi connectivity index (χ0n) is 10.7. The van der Waals surface area contributed by atoms with E-state index in [-0.39, 0.29) is 6.10 Å². The van der Waals surface area contributed by atoms with E-state index in [1.807, 2.05) is 20.2 Å². The molecule has 0 amide bonds. The Morgan fingerprint density at radius 2 is 2.18 bits per heavy atom. The monoisotopic (exact) mass is 300 g/mol. The topological polar surface area (TPSA) is 34.1 Å². The number of rotatable bonds is 7. The molecular formula is C13H21BrN2O. The van der Waals surface area contributed by atoms with Crippen molar-refractivity contribution < 1.29 is 4.74 Å². The Labute approximate surface area is 112 Å². The highest BCUT2D eigenvalue weighted by Crippen LogP contribution is 2.14. The molecule has 2 unspecified atom stereocenters. The van der Waals surface area contributed by atoms with Crippen LogP contribution in [0.5, 0.6) is 0 Å². The zero-order valence-corrected chi connectivity index (χ0v) is 12.3. The highest BCUT2D eigenvalue weighted by atomic mass is 79.9. The predicted molar refractivity (Wildman–Crippen MR) is 74.2 cm³/mol. The third-order valence-electron chi connectivity index (χ3n) is 2.82. The van der Waals surface area contributed by atoms with Gasteiger partial charge in [-0.25, -0.2) is 0 Å². The van der Waals surface area contributed by atoms with Gasteiger partial charge in [-0.1, -0.05) is 6.92 Å². The summed E-state index contributed by atoms with van der Waals surface area (Å²) in [6, 6.07) is 2.44. The molecule has 0 saturated carbocycles. The van der Waals surface area contributed by atoms with Crippen LogP contribution in [0, 0.1) is 0 Å². The first kappa shape index (κ1) is 14.6. The Balaban J connectivity index is 2.68. The lowest BCUT2D eigenvalue weighted by molar-refractivity contribution is 0.0339. The minimum absolute atomic E-state index is 0.254. The normalized spacial score (nSPS) is 14.6. The first-order valence-corrected chi connectivity index (χ1v) is 6.88. The van der Waals surface area contributed by atoms with Gasteiger partial charge in [-0.2, -0.15) is 0 Å². The van der Waals surface area contributed by atoms with Crippen LogP contribution in [0.4, 0.5) is 0 Å². The lowest BCUT2D eigenvalue weighted by atomic mass is 10.0. The fourth-order valence-corrected chi connectivity index (χ4v) is 2.39. The maximum atomic E-state index is 5.75. The Hall–Kier alpha value is -0.450. The van der Waals surface area contributed by atoms with Crippen molar-refractivity contribution in [2.45, 2.75) is 38.8 Å². The maximum absolute atomic E-state index is 5.75. The molecule has 1 N–H and O–H groups in total. The van der Waals surface area contributed by atoms with Crippen molar-refractivity contribution in [1.82, 2.24) is 10.3 Å². The Morgan fingerprint density at radius 3 is 2.71 bits per heavy atom. The van der Waals surface area contributed by atoms with E-state index in [1.54, 1.807) is 6.20 Å². The van der Waals surface area contributed by atoms with Gasteiger partial charge in [-0.3, -0.25) is 4.98 Å². The molecular weight excluding hydrogens is 280 g/mol. The molecule has 2 atom stereocenters. The average molecular weight is 301 g/mol. The lowest BCUT2D eigenvalue weighted by Crippen LogP contribution is -2.40. The largest absolute Gasteiger partial charge is 0.377 e. The van der Waals surface area contributed by atoms with Gasteiger partial charge < -0.3 is 10.1 Å². The first-order valence-electron chi connectivity index (χ1n) is 6.09. The van der Waals surface area contributed by atoms with Crippen molar-refractivity contribution in [3.05, 3.63) is 28.5 Å². The van der Waals surface area contributed by atoms with E-state index in [2.05, 4.69) is 39.2 Å². The van der Waals surface area contributed by atoms with E-state index in [4.69, 9.17) is 4.74 Å². The highest BCUT2D eigenvalue weighted by Gasteiger charge is 2.19. The second-order valence-electron chi connectivity index (χ2n) is 4.01. The molecule has 1 aromatic rings. The Bertz CT molecular complexity index is 333. The van der Waals surface area contributed by atoms with Crippen LogP contribution < -0.4 is 5.32 Å². The first-order chi connectivity index (χ1) is 8.21. The fourth-order valence-electron chi connectivity index (χ4n) is 1.97. The fraction of sp³-hybridized carbons (Fsp3) is 0.615. The molecule has 0 radical (unpaired) electrons. The van der Waals surface area contributed by atoms with Gasteiger partial charge in [-0.15, -0.1) is 0 Å². The summed E-state index contributed by atoms with van der Waals surface area (Å²) in [7, 11) is 1.98. The molecule has 0 aliphatic rings. The van der Waals surface area contributed by atoms with Crippen molar-refractivity contribution >= 4 is 15.9 Å². The summed E-state index contributed by atoms with van der Waals surface area (Å²) in [4.78, 5) is 4.19. The van der Waals surface area contributed by atoms with Crippen LogP contribution in [0.15, 0.2) is 22.9 Å². The molecule has 17 heavy (non-hydrogen) atoms. The van der Waals surface area contributed by atoms with Gasteiger partial charge in [0.2, 0.25) is 0 Å². The van der Waals surface area contributed by atoms with Crippen LogP contribution in [-0.4, -0.2) is 30.8 Å². The van der Waals surface area contributed by atoms with Gasteiger partial charge in [0, 0.05) is 29.5 Å². The average Bonchev–Trinajstić information content (AvgIpc) is 2.33. The molecule has 0 spiro atoms. The standard InChI is InChI=1S/C13H21BrN2O/c1-4-13(17-5-2)12(15-3)7-10-6-11(14)9-16-8-10/h6,8-9,12-13,15H,4-5,7H2,1-3H3. The number of nitrogens with zero attached hydrogens (tertiary/aromatic N) is 1. The van der Waals surface area contributed by atoms with Crippen LogP contribution in [0.2, 0.25) is 0 Å². The Kier molecular flexibility index (Phi) is 6.70. The van der Waals surface area contributed by atoms with Gasteiger partial charge in [0.25, 0.3) is 0 Å². The minimum Gasteiger partial charge on any atom is -0.377 e. The molecule has 0 saturated heterocycles. The molecule has 0 fully saturated rings. The van der Waals surface area contributed by atoms with E-state index in [9.17, 15) is 0 Å². The molecule has 4 heteroatoms. The molecule has 0 aromatic carbocycles. The van der Waals surface area contributed by atoms with Crippen LogP contribution in [0.25, 0.3) is 0 Å². The van der Waals surface area contributed by atoms with Gasteiger partial charge in [0.15, 0.2) is 0 Å². The van der Waals surface area contributed by atoms with E-state index >= 15 is 0 Å². The molecule has 0 aliphatic heterocycles. The van der Waals surface area contributed by atoms with Gasteiger partial charge in [-0.05, 0) is 54.4 Å². The van der Waals surface area contributed by atoms with Crippen molar-refractivity contribution in [3.8, 4) is 0 Å². The number of pyridine rings is 1. The van der Waals surface area contributed by atoms with Crippen molar-refractivity contribution in [2.75, 3.05) is 13.7 Å². The number of hydrogen-bond donors (Lipinski definition) is 1. The molecule has 1 rings (SSSR count). The molecule has 3 nitrogen and oxygen atoms in total. The van der Waals surface area contributed by atoms with E-state index in [0.717, 1.165) is 23.9 Å². The van der Waals surface area contributed by atoms with Gasteiger partial charge in [0.1, 0.15) is 0 Å². The smallest absolute Gasteiger partial charge is 0.0728 e. The third-order valence-corrected chi connectivity index (χ3v) is 3.25. The second-order valence-corrected chi connectivity index (χ2v) is 4.93. The molecule has 1 heterocycles. The molecule has 96 valence electrons. The summed E-state index contributed by atoms with van der Waals surface area (Å²) in [5.41, 5.74) is 1.22. The second kappa shape index (κ2) is 7.80. The number of nitrogens with one attached hydrogen (secondary N) is 1. The van der Waals surface area contributed by atoms with E-state index in [0.29, 0.717) is 6.04 Å². The molecule has 0 aliphatic carbocycles. The number of halogens is 1. The van der Waals surface area contributed by atoms with Crippen LogP contribution in [0.1, 0.15) is 25.8 Å². The summed E-state index contributed by atoms with van der Waals surface area (Å²) < 4.78 is 6.77. The Morgan fingerprint density at radius 1 is 1.41 bits per heavy atom. The highest BCUT2D eigenvalue weighted by molar-refractivity contribution is 9.10.